The fourth-order valence-electron chi connectivity index (χ4n) is 7.51. The van der Waals surface area contributed by atoms with E-state index in [2.05, 4.69) is 39.5 Å². The zero-order chi connectivity index (χ0) is 40.4. The van der Waals surface area contributed by atoms with E-state index >= 15 is 4.57 Å². The van der Waals surface area contributed by atoms with E-state index in [9.17, 15) is 0 Å². The Morgan fingerprint density at radius 3 is 1.81 bits per heavy atom. The molecule has 7 heteroatoms. The number of rotatable bonds is 12. The van der Waals surface area contributed by atoms with Crippen molar-refractivity contribution in [2.24, 2.45) is 0 Å². The lowest BCUT2D eigenvalue weighted by Crippen LogP contribution is -2.26. The second kappa shape index (κ2) is 16.2. The van der Waals surface area contributed by atoms with E-state index in [-0.39, 0.29) is 6.61 Å². The van der Waals surface area contributed by atoms with Crippen LogP contribution in [0.25, 0.3) is 17.2 Å². The van der Waals surface area contributed by atoms with Crippen LogP contribution in [-0.4, -0.2) is 0 Å². The summed E-state index contributed by atoms with van der Waals surface area (Å²) in [6.45, 7) is 14.8. The van der Waals surface area contributed by atoms with Gasteiger partial charge in [-0.2, -0.15) is 0 Å². The van der Waals surface area contributed by atoms with E-state index in [0.29, 0.717) is 40.2 Å². The summed E-state index contributed by atoms with van der Waals surface area (Å²) in [4.78, 5) is 0. The van der Waals surface area contributed by atoms with Crippen LogP contribution < -0.4 is 34.1 Å². The molecule has 1 unspecified atom stereocenters. The van der Waals surface area contributed by atoms with E-state index in [0.717, 1.165) is 67.3 Å². The van der Waals surface area contributed by atoms with Crippen molar-refractivity contribution in [3.05, 3.63) is 191 Å². The standard InChI is InChI=1S/C51H45O6P/c1-7-38-20-22-41(23-21-38)55-42-24-25-47(49(30-42)58(52)48-15-11-9-13-45(48)44-12-8-10-14-46(44)57-58)53-31-39-16-18-40(19-17-39)32-54-50-36(5)28-43(29-37(50)6)56-51-34(3)26-33(2)27-35(51)4/h7-30H,1,31-32H2,2-6H3. The van der Waals surface area contributed by atoms with Gasteiger partial charge in [0.25, 0.3) is 0 Å². The van der Waals surface area contributed by atoms with Crippen LogP contribution in [-0.2, 0) is 17.8 Å². The first-order valence-electron chi connectivity index (χ1n) is 19.3. The molecular weight excluding hydrogens is 740 g/mol. The first-order chi connectivity index (χ1) is 28.1. The first kappa shape index (κ1) is 38.4. The fraction of sp³-hybridized carbons (Fsp3) is 0.137. The van der Waals surface area contributed by atoms with Crippen LogP contribution in [0.15, 0.2) is 146 Å². The van der Waals surface area contributed by atoms with E-state index in [4.69, 9.17) is 23.5 Å². The lowest BCUT2D eigenvalue weighted by molar-refractivity contribution is 0.300. The Kier molecular flexibility index (Phi) is 10.7. The van der Waals surface area contributed by atoms with Gasteiger partial charge in [-0.3, -0.25) is 4.57 Å². The van der Waals surface area contributed by atoms with E-state index in [1.807, 2.05) is 129 Å². The molecular formula is C51H45O6P. The monoisotopic (exact) mass is 784 g/mol. The number of aryl methyl sites for hydroxylation is 5. The second-order valence-corrected chi connectivity index (χ2v) is 17.0. The molecule has 0 saturated carbocycles. The fourth-order valence-corrected chi connectivity index (χ4v) is 9.92. The number of hydrogen-bond donors (Lipinski definition) is 0. The Balaban J connectivity index is 1.01. The van der Waals surface area contributed by atoms with E-state index in [1.165, 1.54) is 5.56 Å². The van der Waals surface area contributed by atoms with Gasteiger partial charge in [-0.25, -0.2) is 0 Å². The van der Waals surface area contributed by atoms with Crippen molar-refractivity contribution in [2.45, 2.75) is 47.8 Å². The van der Waals surface area contributed by atoms with Gasteiger partial charge in [0.15, 0.2) is 0 Å². The molecule has 290 valence electrons. The predicted molar refractivity (Wildman–Crippen MR) is 234 cm³/mol. The molecule has 0 bridgehead atoms. The molecule has 0 amide bonds. The summed E-state index contributed by atoms with van der Waals surface area (Å²) >= 11 is 0. The maximum absolute atomic E-state index is 15.4. The molecule has 7 aromatic rings. The molecule has 0 aliphatic carbocycles. The normalized spacial score (nSPS) is 14.1. The largest absolute Gasteiger partial charge is 0.488 e. The molecule has 7 aromatic carbocycles. The van der Waals surface area contributed by atoms with Gasteiger partial charge in [0.1, 0.15) is 53.5 Å². The molecule has 0 spiro atoms. The summed E-state index contributed by atoms with van der Waals surface area (Å²) in [6, 6.07) is 44.9. The molecule has 0 aromatic heterocycles. The molecule has 1 atom stereocenters. The van der Waals surface area contributed by atoms with Gasteiger partial charge in [0.2, 0.25) is 0 Å². The maximum atomic E-state index is 15.4. The third-order valence-electron chi connectivity index (χ3n) is 10.3. The highest BCUT2D eigenvalue weighted by atomic mass is 31.2. The van der Waals surface area contributed by atoms with Crippen LogP contribution in [0.5, 0.6) is 40.2 Å². The number of para-hydroxylation sites is 1. The first-order valence-corrected chi connectivity index (χ1v) is 20.9. The minimum atomic E-state index is -3.72. The molecule has 1 heterocycles. The Bertz CT molecular complexity index is 2650. The van der Waals surface area contributed by atoms with Crippen LogP contribution >= 0.6 is 7.37 Å². The molecule has 1 aliphatic heterocycles. The predicted octanol–water partition coefficient (Wildman–Crippen LogP) is 12.9. The third-order valence-corrected chi connectivity index (χ3v) is 12.7. The van der Waals surface area contributed by atoms with Crippen LogP contribution in [0.4, 0.5) is 0 Å². The van der Waals surface area contributed by atoms with Crippen molar-refractivity contribution in [3.8, 4) is 51.4 Å². The molecule has 6 nitrogen and oxygen atoms in total. The number of benzene rings is 7. The van der Waals surface area contributed by atoms with Crippen molar-refractivity contribution < 1.29 is 28.0 Å². The lowest BCUT2D eigenvalue weighted by Gasteiger charge is -2.30. The molecule has 0 saturated heterocycles. The van der Waals surface area contributed by atoms with Gasteiger partial charge in [0.05, 0.1) is 10.6 Å². The van der Waals surface area contributed by atoms with Gasteiger partial charge < -0.3 is 23.5 Å². The summed E-state index contributed by atoms with van der Waals surface area (Å²) < 4.78 is 47.3. The van der Waals surface area contributed by atoms with Crippen molar-refractivity contribution in [1.29, 1.82) is 0 Å². The van der Waals surface area contributed by atoms with Gasteiger partial charge in [-0.15, -0.1) is 0 Å². The minimum Gasteiger partial charge on any atom is -0.488 e. The quantitative estimate of drug-likeness (QED) is 0.115. The smallest absolute Gasteiger partial charge is 0.311 e. The summed E-state index contributed by atoms with van der Waals surface area (Å²) in [5.74, 6) is 4.68. The SMILES string of the molecule is C=Cc1ccc(Oc2ccc(OCc3ccc(COc4c(C)cc(Oc5c(C)cc(C)cc5C)cc4C)cc3)c(P3(=O)Oc4ccccc4-c4ccccc43)c2)cc1. The summed E-state index contributed by atoms with van der Waals surface area (Å²) in [5.41, 5.74) is 10.2. The average molecular weight is 785 g/mol. The van der Waals surface area contributed by atoms with E-state index < -0.39 is 7.37 Å². The highest BCUT2D eigenvalue weighted by Gasteiger charge is 2.40. The number of ether oxygens (including phenoxy) is 4. The van der Waals surface area contributed by atoms with Crippen molar-refractivity contribution in [1.82, 2.24) is 0 Å². The molecule has 58 heavy (non-hydrogen) atoms. The highest BCUT2D eigenvalue weighted by molar-refractivity contribution is 7.75. The Morgan fingerprint density at radius 1 is 0.552 bits per heavy atom. The van der Waals surface area contributed by atoms with Crippen molar-refractivity contribution in [2.75, 3.05) is 0 Å². The van der Waals surface area contributed by atoms with Crippen molar-refractivity contribution in [3.63, 3.8) is 0 Å². The zero-order valence-corrected chi connectivity index (χ0v) is 34.3. The summed E-state index contributed by atoms with van der Waals surface area (Å²) in [6.07, 6.45) is 1.78. The van der Waals surface area contributed by atoms with Gasteiger partial charge in [-0.05, 0) is 134 Å². The maximum Gasteiger partial charge on any atom is 0.311 e. The second-order valence-electron chi connectivity index (χ2n) is 14.8. The summed E-state index contributed by atoms with van der Waals surface area (Å²) in [5, 5.41) is 1.03. The topological polar surface area (TPSA) is 63.2 Å². The van der Waals surface area contributed by atoms with Gasteiger partial charge in [-0.1, -0.05) is 103 Å². The van der Waals surface area contributed by atoms with E-state index in [1.54, 1.807) is 18.2 Å². The minimum absolute atomic E-state index is 0.245. The van der Waals surface area contributed by atoms with Gasteiger partial charge in [0, 0.05) is 5.56 Å². The number of fused-ring (bicyclic) bond motifs is 3. The number of hydrogen-bond acceptors (Lipinski definition) is 6. The molecule has 0 radical (unpaired) electrons. The Labute approximate surface area is 340 Å². The highest BCUT2D eigenvalue weighted by Crippen LogP contribution is 2.55. The molecule has 0 fully saturated rings. The third kappa shape index (κ3) is 7.89. The van der Waals surface area contributed by atoms with Crippen LogP contribution in [0.2, 0.25) is 0 Å². The Morgan fingerprint density at radius 2 is 1.14 bits per heavy atom. The van der Waals surface area contributed by atoms with Crippen LogP contribution in [0.3, 0.4) is 0 Å². The molecule has 0 N–H and O–H groups in total. The lowest BCUT2D eigenvalue weighted by atomic mass is 10.0. The Hall–Kier alpha value is -6.49. The zero-order valence-electron chi connectivity index (χ0n) is 33.4. The molecule has 1 aliphatic rings. The summed E-state index contributed by atoms with van der Waals surface area (Å²) in [7, 11) is -3.72. The van der Waals surface area contributed by atoms with Gasteiger partial charge >= 0.3 is 7.37 Å². The van der Waals surface area contributed by atoms with Crippen molar-refractivity contribution >= 4 is 24.1 Å². The molecule has 8 rings (SSSR count). The van der Waals surface area contributed by atoms with Crippen LogP contribution in [0, 0.1) is 34.6 Å². The average Bonchev–Trinajstić information content (AvgIpc) is 3.22. The van der Waals surface area contributed by atoms with Crippen LogP contribution in [0.1, 0.15) is 44.5 Å².